The van der Waals surface area contributed by atoms with E-state index >= 15 is 0 Å². The molecule has 2 rings (SSSR count). The van der Waals surface area contributed by atoms with Gasteiger partial charge in [0.15, 0.2) is 0 Å². The maximum atomic E-state index is 11.3. The van der Waals surface area contributed by atoms with E-state index in [1.807, 2.05) is 13.1 Å². The van der Waals surface area contributed by atoms with E-state index in [9.17, 15) is 4.79 Å². The molecule has 1 heterocycles. The summed E-state index contributed by atoms with van der Waals surface area (Å²) in [7, 11) is 2.00. The molecule has 4 heteroatoms. The molecule has 0 aliphatic carbocycles. The Kier molecular flexibility index (Phi) is 4.57. The van der Waals surface area contributed by atoms with E-state index in [2.05, 4.69) is 55.1 Å². The first-order valence-electron chi connectivity index (χ1n) is 7.68. The highest BCUT2D eigenvalue weighted by atomic mass is 16.1. The fourth-order valence-electron chi connectivity index (χ4n) is 3.22. The van der Waals surface area contributed by atoms with Crippen LogP contribution in [0.15, 0.2) is 23.0 Å². The Morgan fingerprint density at radius 2 is 1.86 bits per heavy atom. The van der Waals surface area contributed by atoms with Gasteiger partial charge in [-0.05, 0) is 48.9 Å². The van der Waals surface area contributed by atoms with Gasteiger partial charge in [0.25, 0.3) is 0 Å². The van der Waals surface area contributed by atoms with Crippen LogP contribution in [0.3, 0.4) is 0 Å². The van der Waals surface area contributed by atoms with Crippen molar-refractivity contribution in [2.75, 3.05) is 7.05 Å². The molecule has 21 heavy (non-hydrogen) atoms. The number of imidazole rings is 1. The molecule has 0 aliphatic rings. The van der Waals surface area contributed by atoms with E-state index in [0.717, 1.165) is 17.5 Å². The van der Waals surface area contributed by atoms with Crippen LogP contribution in [-0.2, 0) is 0 Å². The molecular formula is C17H27N3O. The molecule has 0 saturated carbocycles. The zero-order valence-corrected chi connectivity index (χ0v) is 13.7. The topological polar surface area (TPSA) is 60.7 Å². The highest BCUT2D eigenvalue weighted by molar-refractivity contribution is 5.75. The third kappa shape index (κ3) is 4.21. The van der Waals surface area contributed by atoms with Gasteiger partial charge in [-0.15, -0.1) is 0 Å². The van der Waals surface area contributed by atoms with Crippen LogP contribution in [-0.4, -0.2) is 17.0 Å². The van der Waals surface area contributed by atoms with Gasteiger partial charge in [-0.1, -0.05) is 33.8 Å². The van der Waals surface area contributed by atoms with Crippen LogP contribution in [0.4, 0.5) is 0 Å². The molecule has 0 bridgehead atoms. The molecule has 0 amide bonds. The van der Waals surface area contributed by atoms with Gasteiger partial charge in [0.05, 0.1) is 11.0 Å². The number of H-pyrrole nitrogens is 2. The number of fused-ring (bicyclic) bond motifs is 1. The van der Waals surface area contributed by atoms with E-state index in [1.54, 1.807) is 0 Å². The predicted molar refractivity (Wildman–Crippen MR) is 88.6 cm³/mol. The molecule has 1 aromatic carbocycles. The summed E-state index contributed by atoms with van der Waals surface area (Å²) in [6.45, 7) is 9.17. The summed E-state index contributed by atoms with van der Waals surface area (Å²) >= 11 is 0. The number of aromatic nitrogens is 2. The van der Waals surface area contributed by atoms with Crippen molar-refractivity contribution < 1.29 is 0 Å². The first-order chi connectivity index (χ1) is 9.78. The van der Waals surface area contributed by atoms with Crippen molar-refractivity contribution in [1.29, 1.82) is 0 Å². The zero-order valence-electron chi connectivity index (χ0n) is 13.7. The van der Waals surface area contributed by atoms with Gasteiger partial charge in [0.1, 0.15) is 0 Å². The lowest BCUT2D eigenvalue weighted by molar-refractivity contribution is 0.279. The van der Waals surface area contributed by atoms with E-state index in [0.29, 0.717) is 17.4 Å². The minimum Gasteiger partial charge on any atom is -0.313 e. The van der Waals surface area contributed by atoms with Crippen molar-refractivity contribution in [2.24, 2.45) is 11.3 Å². The fraction of sp³-hybridized carbons (Fsp3) is 0.588. The van der Waals surface area contributed by atoms with Gasteiger partial charge in [-0.25, -0.2) is 4.79 Å². The van der Waals surface area contributed by atoms with Crippen molar-refractivity contribution in [1.82, 2.24) is 15.3 Å². The Hall–Kier alpha value is -1.55. The van der Waals surface area contributed by atoms with Crippen LogP contribution in [0.1, 0.15) is 52.1 Å². The van der Waals surface area contributed by atoms with Crippen LogP contribution < -0.4 is 11.0 Å². The maximum absolute atomic E-state index is 11.3. The number of hydrogen-bond donors (Lipinski definition) is 3. The normalized spacial score (nSPS) is 15.3. The standard InChI is InChI=1S/C17H27N3O/c1-11(10-17(2,3)4)8-14(18-5)12-6-7-13-15(9-12)20-16(21)19-13/h6-7,9,11,14,18H,8,10H2,1-5H3,(H2,19,20,21). The Labute approximate surface area is 126 Å². The van der Waals surface area contributed by atoms with E-state index in [1.165, 1.54) is 12.0 Å². The van der Waals surface area contributed by atoms with Crippen molar-refractivity contribution in [3.8, 4) is 0 Å². The van der Waals surface area contributed by atoms with Crippen LogP contribution >= 0.6 is 0 Å². The average Bonchev–Trinajstić information content (AvgIpc) is 2.72. The molecular weight excluding hydrogens is 262 g/mol. The highest BCUT2D eigenvalue weighted by Gasteiger charge is 2.19. The second kappa shape index (κ2) is 6.06. The molecule has 0 fully saturated rings. The molecule has 2 aromatic rings. The summed E-state index contributed by atoms with van der Waals surface area (Å²) in [6.07, 6.45) is 2.29. The highest BCUT2D eigenvalue weighted by Crippen LogP contribution is 2.30. The second-order valence-electron chi connectivity index (χ2n) is 7.33. The third-order valence-corrected chi connectivity index (χ3v) is 3.89. The number of nitrogens with one attached hydrogen (secondary N) is 3. The Morgan fingerprint density at radius 1 is 1.19 bits per heavy atom. The number of aromatic amines is 2. The molecule has 2 unspecified atom stereocenters. The molecule has 0 spiro atoms. The van der Waals surface area contributed by atoms with Crippen LogP contribution in [0.2, 0.25) is 0 Å². The fourth-order valence-corrected chi connectivity index (χ4v) is 3.22. The van der Waals surface area contributed by atoms with Gasteiger partial charge in [-0.3, -0.25) is 0 Å². The lowest BCUT2D eigenvalue weighted by atomic mass is 9.82. The predicted octanol–water partition coefficient (Wildman–Crippen LogP) is 3.58. The van der Waals surface area contributed by atoms with E-state index < -0.39 is 0 Å². The summed E-state index contributed by atoms with van der Waals surface area (Å²) in [5, 5.41) is 3.40. The van der Waals surface area contributed by atoms with Crippen molar-refractivity contribution >= 4 is 11.0 Å². The van der Waals surface area contributed by atoms with Gasteiger partial charge in [-0.2, -0.15) is 0 Å². The van der Waals surface area contributed by atoms with Crippen LogP contribution in [0, 0.1) is 11.3 Å². The van der Waals surface area contributed by atoms with Crippen molar-refractivity contribution in [3.63, 3.8) is 0 Å². The first kappa shape index (κ1) is 15.8. The summed E-state index contributed by atoms with van der Waals surface area (Å²) in [5.41, 5.74) is 3.17. The molecule has 0 radical (unpaired) electrons. The van der Waals surface area contributed by atoms with Gasteiger partial charge < -0.3 is 15.3 Å². The largest absolute Gasteiger partial charge is 0.323 e. The SMILES string of the molecule is CNC(CC(C)CC(C)(C)C)c1ccc2[nH]c(=O)[nH]c2c1. The van der Waals surface area contributed by atoms with Crippen molar-refractivity contribution in [3.05, 3.63) is 34.2 Å². The maximum Gasteiger partial charge on any atom is 0.323 e. The first-order valence-corrected chi connectivity index (χ1v) is 7.68. The molecule has 1 aromatic heterocycles. The smallest absolute Gasteiger partial charge is 0.313 e. The third-order valence-electron chi connectivity index (χ3n) is 3.89. The zero-order chi connectivity index (χ0) is 15.6. The van der Waals surface area contributed by atoms with Gasteiger partial charge >= 0.3 is 5.69 Å². The minimum atomic E-state index is -0.149. The van der Waals surface area contributed by atoms with Crippen LogP contribution in [0.25, 0.3) is 11.0 Å². The molecule has 4 nitrogen and oxygen atoms in total. The Bertz CT molecular complexity index is 648. The summed E-state index contributed by atoms with van der Waals surface area (Å²) in [6, 6.07) is 6.45. The number of rotatable bonds is 5. The molecule has 2 atom stereocenters. The molecule has 3 N–H and O–H groups in total. The van der Waals surface area contributed by atoms with Crippen molar-refractivity contribution in [2.45, 2.75) is 46.6 Å². The monoisotopic (exact) mass is 289 g/mol. The molecule has 0 saturated heterocycles. The Balaban J connectivity index is 2.16. The summed E-state index contributed by atoms with van der Waals surface area (Å²) < 4.78 is 0. The number of benzene rings is 1. The van der Waals surface area contributed by atoms with Gasteiger partial charge in [0.2, 0.25) is 0 Å². The lowest BCUT2D eigenvalue weighted by Gasteiger charge is -2.27. The number of hydrogen-bond acceptors (Lipinski definition) is 2. The minimum absolute atomic E-state index is 0.149. The lowest BCUT2D eigenvalue weighted by Crippen LogP contribution is -2.21. The molecule has 0 aliphatic heterocycles. The quantitative estimate of drug-likeness (QED) is 0.788. The van der Waals surface area contributed by atoms with Crippen LogP contribution in [0.5, 0.6) is 0 Å². The Morgan fingerprint density at radius 3 is 2.48 bits per heavy atom. The second-order valence-corrected chi connectivity index (χ2v) is 7.33. The van der Waals surface area contributed by atoms with Gasteiger partial charge in [0, 0.05) is 6.04 Å². The average molecular weight is 289 g/mol. The van der Waals surface area contributed by atoms with E-state index in [4.69, 9.17) is 0 Å². The summed E-state index contributed by atoms with van der Waals surface area (Å²) in [5.74, 6) is 0.642. The molecule has 116 valence electrons. The van der Waals surface area contributed by atoms with E-state index in [-0.39, 0.29) is 5.69 Å². The summed E-state index contributed by atoms with van der Waals surface area (Å²) in [4.78, 5) is 17.0.